The Morgan fingerprint density at radius 3 is 2.76 bits per heavy atom. The fraction of sp³-hybridized carbons (Fsp3) is 0.333. The molecular formula is C18H22N2S. The van der Waals surface area contributed by atoms with Crippen molar-refractivity contribution in [2.24, 2.45) is 0 Å². The van der Waals surface area contributed by atoms with E-state index in [1.54, 1.807) is 0 Å². The van der Waals surface area contributed by atoms with E-state index in [4.69, 9.17) is 5.48 Å². The lowest BCUT2D eigenvalue weighted by atomic mass is 9.98. The van der Waals surface area contributed by atoms with Gasteiger partial charge in [-0.3, -0.25) is 0 Å². The number of thioether (sulfide) groups is 1. The highest BCUT2D eigenvalue weighted by molar-refractivity contribution is 7.98. The standard InChI is InChI=1S/C18H22N2S/c1-14-13-15(21-2)7-8-16(14)17-5-3-4-6-18(17)20-11-9-19-10-12-20/h3-8,13,19H,9-12H2,1-2H3/i1D,2D3. The summed E-state index contributed by atoms with van der Waals surface area (Å²) in [7, 11) is 0. The molecule has 0 saturated carbocycles. The van der Waals surface area contributed by atoms with Crippen LogP contribution in [0.15, 0.2) is 47.4 Å². The number of hydrogen-bond donors (Lipinski definition) is 1. The molecule has 0 bridgehead atoms. The van der Waals surface area contributed by atoms with Crippen molar-refractivity contribution >= 4 is 17.4 Å². The van der Waals surface area contributed by atoms with Crippen molar-refractivity contribution in [2.45, 2.75) is 11.8 Å². The van der Waals surface area contributed by atoms with E-state index in [2.05, 4.69) is 22.3 Å². The van der Waals surface area contributed by atoms with Crippen molar-refractivity contribution in [3.05, 3.63) is 48.0 Å². The van der Waals surface area contributed by atoms with Crippen LogP contribution >= 0.6 is 11.8 Å². The average molecular weight is 302 g/mol. The normalized spacial score (nSPS) is 18.6. The summed E-state index contributed by atoms with van der Waals surface area (Å²) in [6, 6.07) is 13.9. The van der Waals surface area contributed by atoms with Gasteiger partial charge in [0.25, 0.3) is 0 Å². The zero-order valence-electron chi connectivity index (χ0n) is 15.9. The van der Waals surface area contributed by atoms with E-state index in [-0.39, 0.29) is 6.90 Å². The van der Waals surface area contributed by atoms with Crippen LogP contribution in [0, 0.1) is 6.90 Å². The molecule has 2 aromatic carbocycles. The van der Waals surface area contributed by atoms with Gasteiger partial charge in [-0.25, -0.2) is 0 Å². The van der Waals surface area contributed by atoms with Crippen molar-refractivity contribution in [1.82, 2.24) is 5.32 Å². The quantitative estimate of drug-likeness (QED) is 0.868. The molecule has 3 heteroatoms. The predicted molar refractivity (Wildman–Crippen MR) is 93.5 cm³/mol. The van der Waals surface area contributed by atoms with Gasteiger partial charge in [0.15, 0.2) is 0 Å². The first-order valence-electron chi connectivity index (χ1n) is 9.35. The minimum absolute atomic E-state index is 0.126. The summed E-state index contributed by atoms with van der Waals surface area (Å²) in [5, 5.41) is 3.37. The molecule has 1 saturated heterocycles. The van der Waals surface area contributed by atoms with E-state index in [0.717, 1.165) is 54.6 Å². The van der Waals surface area contributed by atoms with Crippen molar-refractivity contribution in [2.75, 3.05) is 37.3 Å². The molecule has 2 aromatic rings. The SMILES string of the molecule is [2H]Cc1cc(SC([2H])([2H])[2H])ccc1-c1ccccc1N1CCNCC1. The van der Waals surface area contributed by atoms with Crippen molar-refractivity contribution < 1.29 is 5.48 Å². The molecule has 0 radical (unpaired) electrons. The van der Waals surface area contributed by atoms with Crippen molar-refractivity contribution in [3.63, 3.8) is 0 Å². The first-order valence-corrected chi connectivity index (χ1v) is 7.96. The second kappa shape index (κ2) is 6.54. The van der Waals surface area contributed by atoms with Gasteiger partial charge in [0.1, 0.15) is 0 Å². The summed E-state index contributed by atoms with van der Waals surface area (Å²) >= 11 is 0.864. The predicted octanol–water partition coefficient (Wildman–Crippen LogP) is 3.79. The van der Waals surface area contributed by atoms with E-state index >= 15 is 0 Å². The number of aryl methyl sites for hydroxylation is 1. The Hall–Kier alpha value is -1.45. The average Bonchev–Trinajstić information content (AvgIpc) is 2.61. The molecule has 1 aliphatic rings. The van der Waals surface area contributed by atoms with Crippen LogP contribution in [0.5, 0.6) is 0 Å². The smallest absolute Gasteiger partial charge is 0.0446 e. The third kappa shape index (κ3) is 3.09. The van der Waals surface area contributed by atoms with Crippen LogP contribution in [0.1, 0.15) is 11.0 Å². The van der Waals surface area contributed by atoms with Gasteiger partial charge in [0.05, 0.1) is 0 Å². The molecule has 21 heavy (non-hydrogen) atoms. The maximum absolute atomic E-state index is 7.90. The van der Waals surface area contributed by atoms with Crippen molar-refractivity contribution in [1.29, 1.82) is 0 Å². The second-order valence-electron chi connectivity index (χ2n) is 5.18. The number of nitrogens with zero attached hydrogens (tertiary/aromatic N) is 1. The summed E-state index contributed by atoms with van der Waals surface area (Å²) in [6.45, 7) is 3.97. The van der Waals surface area contributed by atoms with Gasteiger partial charge in [0.2, 0.25) is 0 Å². The highest BCUT2D eigenvalue weighted by Crippen LogP contribution is 2.34. The second-order valence-corrected chi connectivity index (χ2v) is 5.85. The van der Waals surface area contributed by atoms with Gasteiger partial charge >= 0.3 is 0 Å². The Kier molecular flexibility index (Phi) is 3.21. The van der Waals surface area contributed by atoms with Crippen LogP contribution in [0.2, 0.25) is 0 Å². The summed E-state index contributed by atoms with van der Waals surface area (Å²) < 4.78 is 30.2. The number of anilines is 1. The third-order valence-corrected chi connectivity index (χ3v) is 4.34. The largest absolute Gasteiger partial charge is 0.368 e. The number of piperazine rings is 1. The van der Waals surface area contributed by atoms with E-state index in [1.807, 2.05) is 30.3 Å². The molecule has 110 valence electrons. The number of nitrogens with one attached hydrogen (secondary N) is 1. The molecule has 1 heterocycles. The van der Waals surface area contributed by atoms with Crippen molar-refractivity contribution in [3.8, 4) is 11.1 Å². The molecule has 0 amide bonds. The fourth-order valence-electron chi connectivity index (χ4n) is 2.78. The molecule has 0 aromatic heterocycles. The zero-order chi connectivity index (χ0) is 17.9. The van der Waals surface area contributed by atoms with E-state index < -0.39 is 6.18 Å². The summed E-state index contributed by atoms with van der Waals surface area (Å²) in [4.78, 5) is 3.05. The maximum Gasteiger partial charge on any atom is 0.0446 e. The highest BCUT2D eigenvalue weighted by Gasteiger charge is 2.15. The molecule has 3 rings (SSSR count). The molecule has 0 atom stereocenters. The molecule has 0 unspecified atom stereocenters. The summed E-state index contributed by atoms with van der Waals surface area (Å²) in [5.41, 5.74) is 4.16. The van der Waals surface area contributed by atoms with Gasteiger partial charge in [-0.05, 0) is 42.4 Å². The fourth-order valence-corrected chi connectivity index (χ4v) is 3.12. The topological polar surface area (TPSA) is 15.3 Å². The Labute approximate surface area is 137 Å². The molecule has 1 aliphatic heterocycles. The lowest BCUT2D eigenvalue weighted by Gasteiger charge is -2.31. The monoisotopic (exact) mass is 302 g/mol. The highest BCUT2D eigenvalue weighted by atomic mass is 32.2. The molecule has 1 fully saturated rings. The van der Waals surface area contributed by atoms with Crippen LogP contribution < -0.4 is 10.2 Å². The first-order chi connectivity index (χ1) is 12.0. The first kappa shape index (κ1) is 10.3. The maximum atomic E-state index is 7.90. The van der Waals surface area contributed by atoms with Gasteiger partial charge in [-0.2, -0.15) is 0 Å². The van der Waals surface area contributed by atoms with Crippen LogP contribution in [-0.2, 0) is 0 Å². The van der Waals surface area contributed by atoms with Gasteiger partial charge < -0.3 is 10.2 Å². The van der Waals surface area contributed by atoms with E-state index in [9.17, 15) is 0 Å². The molecule has 1 N–H and O–H groups in total. The lowest BCUT2D eigenvalue weighted by Crippen LogP contribution is -2.43. The van der Waals surface area contributed by atoms with Crippen LogP contribution in [0.4, 0.5) is 5.69 Å². The molecule has 2 nitrogen and oxygen atoms in total. The molecular weight excluding hydrogens is 276 g/mol. The Morgan fingerprint density at radius 2 is 1.95 bits per heavy atom. The minimum atomic E-state index is -2.07. The number of benzene rings is 2. The van der Waals surface area contributed by atoms with Gasteiger partial charge in [0, 0.05) is 47.8 Å². The Bertz CT molecular complexity index is 727. The van der Waals surface area contributed by atoms with Crippen LogP contribution in [0.25, 0.3) is 11.1 Å². The summed E-state index contributed by atoms with van der Waals surface area (Å²) in [6.07, 6.45) is -2.07. The lowest BCUT2D eigenvalue weighted by molar-refractivity contribution is 0.589. The number of hydrogen-bond acceptors (Lipinski definition) is 3. The van der Waals surface area contributed by atoms with E-state index in [0.29, 0.717) is 4.90 Å². The van der Waals surface area contributed by atoms with Crippen LogP contribution in [-0.4, -0.2) is 32.4 Å². The van der Waals surface area contributed by atoms with E-state index in [1.165, 1.54) is 5.69 Å². The number of rotatable bonds is 3. The van der Waals surface area contributed by atoms with Gasteiger partial charge in [-0.1, -0.05) is 24.3 Å². The van der Waals surface area contributed by atoms with Gasteiger partial charge in [-0.15, -0.1) is 11.8 Å². The number of para-hydroxylation sites is 1. The Balaban J connectivity index is 1.99. The third-order valence-electron chi connectivity index (χ3n) is 3.85. The minimum Gasteiger partial charge on any atom is -0.368 e. The molecule has 0 aliphatic carbocycles. The summed E-state index contributed by atoms with van der Waals surface area (Å²) in [5.74, 6) is 0. The Morgan fingerprint density at radius 1 is 1.10 bits per heavy atom. The van der Waals surface area contributed by atoms with Crippen LogP contribution in [0.3, 0.4) is 0 Å². The molecule has 0 spiro atoms. The zero-order valence-corrected chi connectivity index (χ0v) is 12.7.